The van der Waals surface area contributed by atoms with E-state index >= 15 is 0 Å². The molecule has 1 aliphatic rings. The lowest BCUT2D eigenvalue weighted by molar-refractivity contribution is 0.207. The fourth-order valence-corrected chi connectivity index (χ4v) is 3.13. The summed E-state index contributed by atoms with van der Waals surface area (Å²) >= 11 is 0. The van der Waals surface area contributed by atoms with E-state index in [0.29, 0.717) is 23.7 Å². The van der Waals surface area contributed by atoms with Gasteiger partial charge in [0.05, 0.1) is 25.9 Å². The average Bonchev–Trinajstić information content (AvgIpc) is 3.12. The van der Waals surface area contributed by atoms with Crippen molar-refractivity contribution in [2.75, 3.05) is 26.1 Å². The highest BCUT2D eigenvalue weighted by Crippen LogP contribution is 2.34. The maximum Gasteiger partial charge on any atom is 0.322 e. The number of halogens is 1. The fourth-order valence-electron chi connectivity index (χ4n) is 3.13. The Hall–Kier alpha value is -2.76. The molecule has 0 aromatic heterocycles. The van der Waals surface area contributed by atoms with E-state index in [4.69, 9.17) is 9.47 Å². The molecule has 5 nitrogen and oxygen atoms in total. The SMILES string of the molecule is COc1ccc(NC(=O)N2CCC[C@H]2c2ccc(F)cc2)c(OC)c1. The third-order valence-electron chi connectivity index (χ3n) is 4.42. The second-order valence-corrected chi connectivity index (χ2v) is 5.90. The van der Waals surface area contributed by atoms with Crippen molar-refractivity contribution in [2.45, 2.75) is 18.9 Å². The molecule has 1 N–H and O–H groups in total. The first-order valence-electron chi connectivity index (χ1n) is 8.17. The highest BCUT2D eigenvalue weighted by molar-refractivity contribution is 5.91. The van der Waals surface area contributed by atoms with Gasteiger partial charge in [-0.15, -0.1) is 0 Å². The number of hydrogen-bond donors (Lipinski definition) is 1. The smallest absolute Gasteiger partial charge is 0.322 e. The standard InChI is InChI=1S/C19H21FN2O3/c1-24-15-9-10-16(18(12-15)25-2)21-19(23)22-11-3-4-17(22)13-5-7-14(20)8-6-13/h5-10,12,17H,3-4,11H2,1-2H3,(H,21,23)/t17-/m0/s1. The summed E-state index contributed by atoms with van der Waals surface area (Å²) in [5.41, 5.74) is 1.52. The van der Waals surface area contributed by atoms with E-state index in [1.165, 1.54) is 12.1 Å². The van der Waals surface area contributed by atoms with Gasteiger partial charge in [0.2, 0.25) is 0 Å². The van der Waals surface area contributed by atoms with Gasteiger partial charge in [-0.2, -0.15) is 0 Å². The molecular weight excluding hydrogens is 323 g/mol. The van der Waals surface area contributed by atoms with E-state index in [1.54, 1.807) is 49.5 Å². The number of rotatable bonds is 4. The maximum atomic E-state index is 13.1. The van der Waals surface area contributed by atoms with Crippen LogP contribution in [0.3, 0.4) is 0 Å². The van der Waals surface area contributed by atoms with Gasteiger partial charge in [0, 0.05) is 12.6 Å². The van der Waals surface area contributed by atoms with E-state index < -0.39 is 0 Å². The second kappa shape index (κ2) is 7.42. The highest BCUT2D eigenvalue weighted by Gasteiger charge is 2.30. The number of anilines is 1. The molecular formula is C19H21FN2O3. The quantitative estimate of drug-likeness (QED) is 0.904. The van der Waals surface area contributed by atoms with Crippen molar-refractivity contribution in [3.05, 3.63) is 53.8 Å². The molecule has 1 saturated heterocycles. The molecule has 0 aliphatic carbocycles. The van der Waals surface area contributed by atoms with E-state index in [2.05, 4.69) is 5.32 Å². The number of likely N-dealkylation sites (tertiary alicyclic amines) is 1. The van der Waals surface area contributed by atoms with E-state index in [1.807, 2.05) is 0 Å². The number of urea groups is 1. The van der Waals surface area contributed by atoms with Gasteiger partial charge in [-0.25, -0.2) is 9.18 Å². The predicted molar refractivity (Wildman–Crippen MR) is 93.6 cm³/mol. The van der Waals surface area contributed by atoms with Crippen LogP contribution in [0.15, 0.2) is 42.5 Å². The van der Waals surface area contributed by atoms with Crippen LogP contribution in [0.5, 0.6) is 11.5 Å². The Balaban J connectivity index is 1.77. The summed E-state index contributed by atoms with van der Waals surface area (Å²) < 4.78 is 23.6. The van der Waals surface area contributed by atoms with Gasteiger partial charge < -0.3 is 19.7 Å². The van der Waals surface area contributed by atoms with Gasteiger partial charge in [-0.3, -0.25) is 0 Å². The van der Waals surface area contributed by atoms with Gasteiger partial charge in [-0.1, -0.05) is 12.1 Å². The van der Waals surface area contributed by atoms with Crippen LogP contribution in [0.1, 0.15) is 24.4 Å². The lowest BCUT2D eigenvalue weighted by Crippen LogP contribution is -2.34. The van der Waals surface area contributed by atoms with Crippen LogP contribution < -0.4 is 14.8 Å². The van der Waals surface area contributed by atoms with Crippen LogP contribution >= 0.6 is 0 Å². The Morgan fingerprint density at radius 1 is 1.16 bits per heavy atom. The molecule has 2 aromatic carbocycles. The van der Waals surface area contributed by atoms with Crippen LogP contribution in [-0.2, 0) is 0 Å². The normalized spacial score (nSPS) is 16.6. The summed E-state index contributed by atoms with van der Waals surface area (Å²) in [4.78, 5) is 14.5. The third-order valence-corrected chi connectivity index (χ3v) is 4.42. The Kier molecular flexibility index (Phi) is 5.07. The summed E-state index contributed by atoms with van der Waals surface area (Å²) in [6, 6.07) is 11.3. The van der Waals surface area contributed by atoms with Crippen LogP contribution in [-0.4, -0.2) is 31.7 Å². The number of nitrogens with one attached hydrogen (secondary N) is 1. The predicted octanol–water partition coefficient (Wildman–Crippen LogP) is 4.21. The molecule has 0 saturated carbocycles. The number of carbonyl (C=O) groups excluding carboxylic acids is 1. The number of amides is 2. The van der Waals surface area contributed by atoms with Crippen LogP contribution in [0.25, 0.3) is 0 Å². The maximum absolute atomic E-state index is 13.1. The minimum atomic E-state index is -0.277. The largest absolute Gasteiger partial charge is 0.497 e. The Morgan fingerprint density at radius 2 is 1.92 bits per heavy atom. The van der Waals surface area contributed by atoms with Gasteiger partial charge >= 0.3 is 6.03 Å². The van der Waals surface area contributed by atoms with E-state index in [-0.39, 0.29) is 17.9 Å². The van der Waals surface area contributed by atoms with Crippen LogP contribution in [0.2, 0.25) is 0 Å². The number of ether oxygens (including phenoxy) is 2. The zero-order valence-electron chi connectivity index (χ0n) is 14.3. The molecule has 6 heteroatoms. The zero-order valence-corrected chi connectivity index (χ0v) is 14.3. The van der Waals surface area contributed by atoms with E-state index in [0.717, 1.165) is 18.4 Å². The van der Waals surface area contributed by atoms with Crippen LogP contribution in [0.4, 0.5) is 14.9 Å². The Labute approximate surface area is 146 Å². The van der Waals surface area contributed by atoms with Crippen molar-refractivity contribution < 1.29 is 18.7 Å². The summed E-state index contributed by atoms with van der Waals surface area (Å²) in [5.74, 6) is 0.908. The monoisotopic (exact) mass is 344 g/mol. The molecule has 2 amide bonds. The van der Waals surface area contributed by atoms with Gasteiger partial charge in [0.25, 0.3) is 0 Å². The number of nitrogens with zero attached hydrogens (tertiary/aromatic N) is 1. The second-order valence-electron chi connectivity index (χ2n) is 5.90. The molecule has 0 bridgehead atoms. The molecule has 1 heterocycles. The first kappa shape index (κ1) is 17.1. The van der Waals surface area contributed by atoms with Crippen molar-refractivity contribution >= 4 is 11.7 Å². The van der Waals surface area contributed by atoms with Crippen molar-refractivity contribution in [2.24, 2.45) is 0 Å². The first-order chi connectivity index (χ1) is 12.1. The van der Waals surface area contributed by atoms with Crippen molar-refractivity contribution in [3.8, 4) is 11.5 Å². The third kappa shape index (κ3) is 3.68. The zero-order chi connectivity index (χ0) is 17.8. The summed E-state index contributed by atoms with van der Waals surface area (Å²) in [5, 5.41) is 2.90. The number of methoxy groups -OCH3 is 2. The number of carbonyl (C=O) groups is 1. The lowest BCUT2D eigenvalue weighted by Gasteiger charge is -2.26. The molecule has 0 radical (unpaired) electrons. The Bertz CT molecular complexity index is 749. The van der Waals surface area contributed by atoms with Crippen molar-refractivity contribution in [3.63, 3.8) is 0 Å². The van der Waals surface area contributed by atoms with E-state index in [9.17, 15) is 9.18 Å². The number of benzene rings is 2. The molecule has 1 atom stereocenters. The molecule has 25 heavy (non-hydrogen) atoms. The highest BCUT2D eigenvalue weighted by atomic mass is 19.1. The molecule has 2 aromatic rings. The van der Waals surface area contributed by atoms with Gasteiger partial charge in [0.15, 0.2) is 0 Å². The van der Waals surface area contributed by atoms with Crippen molar-refractivity contribution in [1.82, 2.24) is 4.90 Å². The van der Waals surface area contributed by atoms with Crippen molar-refractivity contribution in [1.29, 1.82) is 0 Å². The average molecular weight is 344 g/mol. The molecule has 132 valence electrons. The summed E-state index contributed by atoms with van der Waals surface area (Å²) in [6.07, 6.45) is 1.77. The minimum absolute atomic E-state index is 0.0511. The molecule has 0 spiro atoms. The molecule has 0 unspecified atom stereocenters. The first-order valence-corrected chi connectivity index (χ1v) is 8.17. The summed E-state index contributed by atoms with van der Waals surface area (Å²) in [6.45, 7) is 0.659. The van der Waals surface area contributed by atoms with Crippen LogP contribution in [0, 0.1) is 5.82 Å². The fraction of sp³-hybridized carbons (Fsp3) is 0.316. The minimum Gasteiger partial charge on any atom is -0.497 e. The number of hydrogen-bond acceptors (Lipinski definition) is 3. The molecule has 1 aliphatic heterocycles. The van der Waals surface area contributed by atoms with Gasteiger partial charge in [-0.05, 0) is 42.7 Å². The topological polar surface area (TPSA) is 50.8 Å². The Morgan fingerprint density at radius 3 is 2.60 bits per heavy atom. The molecule has 1 fully saturated rings. The molecule has 3 rings (SSSR count). The lowest BCUT2D eigenvalue weighted by atomic mass is 10.0. The summed E-state index contributed by atoms with van der Waals surface area (Å²) in [7, 11) is 3.12. The van der Waals surface area contributed by atoms with Gasteiger partial charge in [0.1, 0.15) is 17.3 Å².